The molecule has 0 saturated heterocycles. The largest absolute Gasteiger partial charge is 0.478 e. The average molecular weight is 324 g/mol. The Bertz CT molecular complexity index is 613. The Morgan fingerprint density at radius 2 is 2.00 bits per heavy atom. The molecule has 1 aromatic carbocycles. The zero-order valence-electron chi connectivity index (χ0n) is 9.69. The summed E-state index contributed by atoms with van der Waals surface area (Å²) in [6.45, 7) is 3.61. The third-order valence-corrected chi connectivity index (χ3v) is 4.42. The lowest BCUT2D eigenvalue weighted by molar-refractivity contribution is 0.0697. The van der Waals surface area contributed by atoms with Gasteiger partial charge in [0.1, 0.15) is 4.90 Å². The van der Waals surface area contributed by atoms with Crippen LogP contribution in [0.1, 0.15) is 16.8 Å². The van der Waals surface area contributed by atoms with Gasteiger partial charge in [-0.3, -0.25) is 0 Å². The van der Waals surface area contributed by atoms with Gasteiger partial charge in [-0.05, 0) is 18.6 Å². The second-order valence-corrected chi connectivity index (χ2v) is 6.09. The number of hydrogen-bond acceptors (Lipinski definition) is 3. The minimum atomic E-state index is -3.89. The first-order valence-corrected chi connectivity index (χ1v) is 7.36. The van der Waals surface area contributed by atoms with Crippen LogP contribution in [0, 0.1) is 0 Å². The number of hydrogen-bond donors (Lipinski definition) is 2. The van der Waals surface area contributed by atoms with E-state index in [0.29, 0.717) is 6.42 Å². The first kappa shape index (κ1) is 16.0. The van der Waals surface area contributed by atoms with Gasteiger partial charge in [0.15, 0.2) is 0 Å². The van der Waals surface area contributed by atoms with Crippen LogP contribution in [0.15, 0.2) is 29.7 Å². The molecule has 0 aliphatic carbocycles. The highest BCUT2D eigenvalue weighted by molar-refractivity contribution is 7.89. The molecule has 0 amide bonds. The number of rotatable bonds is 6. The van der Waals surface area contributed by atoms with Gasteiger partial charge < -0.3 is 5.11 Å². The number of carboxylic acid groups (broad SMARTS) is 1. The zero-order chi connectivity index (χ0) is 14.6. The van der Waals surface area contributed by atoms with E-state index in [1.54, 1.807) is 6.08 Å². The number of halogens is 2. The Hall–Kier alpha value is -1.08. The van der Waals surface area contributed by atoms with Gasteiger partial charge in [-0.25, -0.2) is 17.9 Å². The highest BCUT2D eigenvalue weighted by Gasteiger charge is 2.21. The van der Waals surface area contributed by atoms with E-state index < -0.39 is 16.0 Å². The van der Waals surface area contributed by atoms with E-state index in [4.69, 9.17) is 28.3 Å². The minimum Gasteiger partial charge on any atom is -0.478 e. The maximum atomic E-state index is 11.9. The summed E-state index contributed by atoms with van der Waals surface area (Å²) in [7, 11) is -3.89. The van der Waals surface area contributed by atoms with Gasteiger partial charge in [-0.15, -0.1) is 6.58 Å². The van der Waals surface area contributed by atoms with Crippen LogP contribution < -0.4 is 4.72 Å². The van der Waals surface area contributed by atoms with Crippen LogP contribution in [0.3, 0.4) is 0 Å². The fraction of sp³-hybridized carbons (Fsp3) is 0.182. The highest BCUT2D eigenvalue weighted by atomic mass is 35.5. The fourth-order valence-electron chi connectivity index (χ4n) is 1.27. The van der Waals surface area contributed by atoms with Crippen molar-refractivity contribution in [3.8, 4) is 0 Å². The highest BCUT2D eigenvalue weighted by Crippen LogP contribution is 2.28. The summed E-state index contributed by atoms with van der Waals surface area (Å²) in [6.07, 6.45) is 1.99. The van der Waals surface area contributed by atoms with E-state index in [-0.39, 0.29) is 27.0 Å². The summed E-state index contributed by atoms with van der Waals surface area (Å²) >= 11 is 11.5. The van der Waals surface area contributed by atoms with Gasteiger partial charge in [0.05, 0.1) is 15.6 Å². The summed E-state index contributed by atoms with van der Waals surface area (Å²) in [5.74, 6) is -1.33. The number of carbonyl (C=O) groups is 1. The summed E-state index contributed by atoms with van der Waals surface area (Å²) in [5, 5.41) is 8.64. The first-order chi connectivity index (χ1) is 8.79. The molecule has 0 bridgehead atoms. The minimum absolute atomic E-state index is 0.123. The molecule has 0 spiro atoms. The van der Waals surface area contributed by atoms with Crippen molar-refractivity contribution in [1.29, 1.82) is 0 Å². The molecule has 0 atom stereocenters. The Kier molecular flexibility index (Phi) is 5.37. The summed E-state index contributed by atoms with van der Waals surface area (Å²) in [5.41, 5.74) is -0.324. The van der Waals surface area contributed by atoms with Crippen molar-refractivity contribution in [2.75, 3.05) is 6.54 Å². The second kappa shape index (κ2) is 6.38. The number of carboxylic acids is 1. The molecule has 1 rings (SSSR count). The normalized spacial score (nSPS) is 11.3. The molecule has 0 heterocycles. The van der Waals surface area contributed by atoms with E-state index in [1.165, 1.54) is 0 Å². The smallest absolute Gasteiger partial charge is 0.337 e. The maximum Gasteiger partial charge on any atom is 0.337 e. The molecule has 0 aliphatic rings. The molecule has 1 aromatic rings. The lowest BCUT2D eigenvalue weighted by atomic mass is 10.2. The van der Waals surface area contributed by atoms with E-state index >= 15 is 0 Å². The molecular weight excluding hydrogens is 313 g/mol. The molecule has 0 aromatic heterocycles. The molecule has 0 saturated carbocycles. The van der Waals surface area contributed by atoms with E-state index in [0.717, 1.165) is 12.1 Å². The predicted octanol–water partition coefficient (Wildman–Crippen LogP) is 2.55. The first-order valence-electron chi connectivity index (χ1n) is 5.12. The Morgan fingerprint density at radius 1 is 1.37 bits per heavy atom. The van der Waals surface area contributed by atoms with Gasteiger partial charge in [-0.2, -0.15) is 0 Å². The van der Waals surface area contributed by atoms with Crippen LogP contribution in [0.5, 0.6) is 0 Å². The van der Waals surface area contributed by atoms with Gasteiger partial charge in [0, 0.05) is 6.54 Å². The monoisotopic (exact) mass is 323 g/mol. The standard InChI is InChI=1S/C11H11Cl2NO4S/c1-2-3-4-14-19(17,18)10-5-7(11(15)16)8(12)6-9(10)13/h2,5-6,14H,1,3-4H2,(H,15,16). The Morgan fingerprint density at radius 3 is 2.53 bits per heavy atom. The van der Waals surface area contributed by atoms with Crippen molar-refractivity contribution >= 4 is 39.2 Å². The van der Waals surface area contributed by atoms with Crippen LogP contribution in [0.2, 0.25) is 10.0 Å². The molecule has 8 heteroatoms. The topological polar surface area (TPSA) is 83.5 Å². The van der Waals surface area contributed by atoms with Crippen LogP contribution in [0.25, 0.3) is 0 Å². The molecule has 2 N–H and O–H groups in total. The summed E-state index contributed by atoms with van der Waals surface area (Å²) < 4.78 is 26.2. The van der Waals surface area contributed by atoms with Crippen LogP contribution >= 0.6 is 23.2 Å². The van der Waals surface area contributed by atoms with E-state index in [1.807, 2.05) is 0 Å². The molecule has 0 aliphatic heterocycles. The molecule has 0 radical (unpaired) electrons. The lowest BCUT2D eigenvalue weighted by Gasteiger charge is -2.09. The fourth-order valence-corrected chi connectivity index (χ4v) is 3.17. The van der Waals surface area contributed by atoms with Crippen molar-refractivity contribution in [3.63, 3.8) is 0 Å². The average Bonchev–Trinajstić information content (AvgIpc) is 2.28. The van der Waals surface area contributed by atoms with E-state index in [9.17, 15) is 13.2 Å². The molecule has 0 unspecified atom stereocenters. The van der Waals surface area contributed by atoms with Gasteiger partial charge in [0.25, 0.3) is 0 Å². The molecule has 5 nitrogen and oxygen atoms in total. The maximum absolute atomic E-state index is 11.9. The van der Waals surface area contributed by atoms with Gasteiger partial charge >= 0.3 is 5.97 Å². The molecule has 104 valence electrons. The third kappa shape index (κ3) is 3.94. The molecular formula is C11H11Cl2NO4S. The number of benzene rings is 1. The number of aromatic carboxylic acids is 1. The van der Waals surface area contributed by atoms with Gasteiger partial charge in [0.2, 0.25) is 10.0 Å². The zero-order valence-corrected chi connectivity index (χ0v) is 12.0. The lowest BCUT2D eigenvalue weighted by Crippen LogP contribution is -2.25. The quantitative estimate of drug-likeness (QED) is 0.622. The van der Waals surface area contributed by atoms with Crippen LogP contribution in [-0.4, -0.2) is 26.0 Å². The Balaban J connectivity index is 3.22. The van der Waals surface area contributed by atoms with Crippen LogP contribution in [0.4, 0.5) is 0 Å². The van der Waals surface area contributed by atoms with Crippen molar-refractivity contribution < 1.29 is 18.3 Å². The van der Waals surface area contributed by atoms with Crippen molar-refractivity contribution in [2.45, 2.75) is 11.3 Å². The number of sulfonamides is 1. The molecule has 19 heavy (non-hydrogen) atoms. The van der Waals surface area contributed by atoms with Crippen molar-refractivity contribution in [3.05, 3.63) is 40.4 Å². The van der Waals surface area contributed by atoms with E-state index in [2.05, 4.69) is 11.3 Å². The summed E-state index contributed by atoms with van der Waals surface area (Å²) in [4.78, 5) is 10.6. The predicted molar refractivity (Wildman–Crippen MR) is 73.4 cm³/mol. The van der Waals surface area contributed by atoms with Crippen molar-refractivity contribution in [2.24, 2.45) is 0 Å². The van der Waals surface area contributed by atoms with Crippen molar-refractivity contribution in [1.82, 2.24) is 4.72 Å². The van der Waals surface area contributed by atoms with Gasteiger partial charge in [-0.1, -0.05) is 29.3 Å². The molecule has 0 fully saturated rings. The Labute approximate surface area is 120 Å². The van der Waals surface area contributed by atoms with Crippen LogP contribution in [-0.2, 0) is 10.0 Å². The second-order valence-electron chi connectivity index (χ2n) is 3.54. The number of nitrogens with one attached hydrogen (secondary N) is 1. The SMILES string of the molecule is C=CCCNS(=O)(=O)c1cc(C(=O)O)c(Cl)cc1Cl. The third-order valence-electron chi connectivity index (χ3n) is 2.18. The summed E-state index contributed by atoms with van der Waals surface area (Å²) in [6, 6.07) is 2.03.